The third kappa shape index (κ3) is 4.15. The minimum Gasteiger partial charge on any atom is -0.228 e. The molecule has 1 heterocycles. The summed E-state index contributed by atoms with van der Waals surface area (Å²) < 4.78 is 0. The van der Waals surface area contributed by atoms with Crippen LogP contribution in [0, 0.1) is 6.92 Å². The second-order valence-electron chi connectivity index (χ2n) is 13.4. The van der Waals surface area contributed by atoms with Crippen LogP contribution < -0.4 is 0 Å². The van der Waals surface area contributed by atoms with Crippen LogP contribution in [-0.4, -0.2) is 9.97 Å². The lowest BCUT2D eigenvalue weighted by Crippen LogP contribution is -2.29. The van der Waals surface area contributed by atoms with Gasteiger partial charge in [-0.3, -0.25) is 0 Å². The van der Waals surface area contributed by atoms with E-state index in [1.54, 1.807) is 0 Å². The molecule has 0 amide bonds. The molecule has 0 fully saturated rings. The molecule has 0 atom stereocenters. The molecule has 0 saturated heterocycles. The largest absolute Gasteiger partial charge is 0.228 e. The highest BCUT2D eigenvalue weighted by Gasteiger charge is 2.49. The van der Waals surface area contributed by atoms with E-state index < -0.39 is 5.41 Å². The van der Waals surface area contributed by atoms with E-state index in [1.165, 1.54) is 61.2 Å². The zero-order valence-corrected chi connectivity index (χ0v) is 27.6. The first kappa shape index (κ1) is 28.6. The number of nitrogens with zero attached hydrogens (tertiary/aromatic N) is 2. The average Bonchev–Trinajstić information content (AvgIpc) is 3.43. The lowest BCUT2D eigenvalue weighted by molar-refractivity contribution is 0.775. The maximum Gasteiger partial charge on any atom is 0.160 e. The maximum atomic E-state index is 5.27. The Bertz CT molecular complexity index is 2550. The van der Waals surface area contributed by atoms with Gasteiger partial charge >= 0.3 is 0 Å². The summed E-state index contributed by atoms with van der Waals surface area (Å²) in [6, 6.07) is 64.0. The summed E-state index contributed by atoms with van der Waals surface area (Å²) in [6.45, 7) is 2.12. The third-order valence-corrected chi connectivity index (χ3v) is 10.6. The van der Waals surface area contributed by atoms with Gasteiger partial charge in [-0.25, -0.2) is 9.97 Å². The summed E-state index contributed by atoms with van der Waals surface area (Å²) in [5.41, 5.74) is 18.4. The van der Waals surface area contributed by atoms with E-state index in [4.69, 9.17) is 9.97 Å². The summed E-state index contributed by atoms with van der Waals surface area (Å²) in [5.74, 6) is 0.718. The summed E-state index contributed by atoms with van der Waals surface area (Å²) in [5, 5.41) is 0. The topological polar surface area (TPSA) is 25.8 Å². The van der Waals surface area contributed by atoms with E-state index in [2.05, 4.69) is 165 Å². The minimum absolute atomic E-state index is 0.538. The van der Waals surface area contributed by atoms with Crippen LogP contribution in [0.3, 0.4) is 0 Å². The third-order valence-electron chi connectivity index (χ3n) is 10.6. The number of hydrogen-bond acceptors (Lipinski definition) is 2. The van der Waals surface area contributed by atoms with Gasteiger partial charge in [-0.05, 0) is 74.7 Å². The first-order valence-electron chi connectivity index (χ1n) is 17.3. The number of fused-ring (bicyclic) bond motifs is 12. The van der Waals surface area contributed by atoms with Crippen molar-refractivity contribution in [2.24, 2.45) is 0 Å². The highest BCUT2D eigenvalue weighted by atomic mass is 14.9. The maximum absolute atomic E-state index is 5.27. The van der Waals surface area contributed by atoms with Gasteiger partial charge in [0.25, 0.3) is 0 Å². The molecule has 2 aliphatic carbocycles. The molecule has 0 N–H and O–H groups in total. The predicted molar refractivity (Wildman–Crippen MR) is 205 cm³/mol. The lowest BCUT2D eigenvalue weighted by Gasteiger charge is -2.35. The molecule has 8 aromatic rings. The van der Waals surface area contributed by atoms with E-state index in [1.807, 2.05) is 18.2 Å². The van der Waals surface area contributed by atoms with Crippen LogP contribution >= 0.6 is 0 Å². The number of benzene rings is 7. The van der Waals surface area contributed by atoms with Crippen molar-refractivity contribution >= 4 is 0 Å². The molecule has 0 aliphatic heterocycles. The van der Waals surface area contributed by atoms with Gasteiger partial charge in [-0.2, -0.15) is 0 Å². The molecule has 2 nitrogen and oxygen atoms in total. The Balaban J connectivity index is 1.31. The van der Waals surface area contributed by atoms with Crippen molar-refractivity contribution in [3.8, 4) is 67.3 Å². The highest BCUT2D eigenvalue weighted by molar-refractivity contribution is 5.97. The smallest absolute Gasteiger partial charge is 0.160 e. The standard InChI is InChI=1S/C48H32N2/c1-31-23-25-32(26-24-31)45-30-46(50-47(49-45)33-13-3-2-4-14-33)34-27-28-40-36-16-6-5-15-35(36)37-17-7-10-20-41(37)48(44(40)29-34)42-21-11-8-18-38(42)39-19-9-12-22-43(39)48/h2-30H,1H3. The zero-order chi connectivity index (χ0) is 33.2. The van der Waals surface area contributed by atoms with Crippen LogP contribution in [0.25, 0.3) is 67.3 Å². The van der Waals surface area contributed by atoms with Crippen LogP contribution in [0.4, 0.5) is 0 Å². The Morgan fingerprint density at radius 1 is 0.340 bits per heavy atom. The van der Waals surface area contributed by atoms with Crippen LogP contribution in [0.2, 0.25) is 0 Å². The van der Waals surface area contributed by atoms with Gasteiger partial charge in [-0.1, -0.05) is 169 Å². The SMILES string of the molecule is Cc1ccc(-c2cc(-c3ccc4c(c3)C3(c5ccccc5-c5ccccc5-4)c4ccccc4-c4ccccc43)nc(-c3ccccc3)n2)cc1. The lowest BCUT2D eigenvalue weighted by atomic mass is 9.65. The molecule has 50 heavy (non-hydrogen) atoms. The van der Waals surface area contributed by atoms with Crippen molar-refractivity contribution in [3.05, 3.63) is 204 Å². The predicted octanol–water partition coefficient (Wildman–Crippen LogP) is 11.8. The van der Waals surface area contributed by atoms with Crippen LogP contribution in [-0.2, 0) is 5.41 Å². The monoisotopic (exact) mass is 636 g/mol. The molecular weight excluding hydrogens is 605 g/mol. The Hall–Kier alpha value is -6.38. The second kappa shape index (κ2) is 11.1. The Labute approximate surface area is 292 Å². The van der Waals surface area contributed by atoms with Crippen molar-refractivity contribution in [3.63, 3.8) is 0 Å². The van der Waals surface area contributed by atoms with Crippen LogP contribution in [0.5, 0.6) is 0 Å². The van der Waals surface area contributed by atoms with Crippen molar-refractivity contribution in [1.82, 2.24) is 9.97 Å². The first-order valence-corrected chi connectivity index (χ1v) is 17.3. The molecule has 1 aromatic heterocycles. The Morgan fingerprint density at radius 3 is 1.36 bits per heavy atom. The fourth-order valence-electron chi connectivity index (χ4n) is 8.39. The number of hydrogen-bond donors (Lipinski definition) is 0. The molecule has 0 radical (unpaired) electrons. The minimum atomic E-state index is -0.538. The molecule has 0 bridgehead atoms. The van der Waals surface area contributed by atoms with Gasteiger partial charge in [0.05, 0.1) is 16.8 Å². The summed E-state index contributed by atoms with van der Waals surface area (Å²) in [7, 11) is 0. The molecule has 7 aromatic carbocycles. The van der Waals surface area contributed by atoms with Crippen LogP contribution in [0.15, 0.2) is 176 Å². The molecule has 234 valence electrons. The van der Waals surface area contributed by atoms with Gasteiger partial charge in [0.15, 0.2) is 5.82 Å². The van der Waals surface area contributed by atoms with Crippen molar-refractivity contribution in [1.29, 1.82) is 0 Å². The fourth-order valence-corrected chi connectivity index (χ4v) is 8.39. The summed E-state index contributed by atoms with van der Waals surface area (Å²) >= 11 is 0. The number of aromatic nitrogens is 2. The number of aryl methyl sites for hydroxylation is 1. The fraction of sp³-hybridized carbons (Fsp3) is 0.0417. The van der Waals surface area contributed by atoms with Gasteiger partial charge in [0.2, 0.25) is 0 Å². The van der Waals surface area contributed by atoms with E-state index in [0.717, 1.165) is 33.9 Å². The van der Waals surface area contributed by atoms with Crippen molar-refractivity contribution in [2.45, 2.75) is 12.3 Å². The molecule has 0 unspecified atom stereocenters. The van der Waals surface area contributed by atoms with Crippen LogP contribution in [0.1, 0.15) is 27.8 Å². The second-order valence-corrected chi connectivity index (χ2v) is 13.4. The first-order chi connectivity index (χ1) is 24.7. The Kier molecular flexibility index (Phi) is 6.34. The zero-order valence-electron chi connectivity index (χ0n) is 27.6. The quantitative estimate of drug-likeness (QED) is 0.193. The summed E-state index contributed by atoms with van der Waals surface area (Å²) in [6.07, 6.45) is 0. The normalized spacial score (nSPS) is 13.1. The summed E-state index contributed by atoms with van der Waals surface area (Å²) in [4.78, 5) is 10.4. The molecular formula is C48H32N2. The molecule has 10 rings (SSSR count). The van der Waals surface area contributed by atoms with Gasteiger partial charge in [0, 0.05) is 16.7 Å². The van der Waals surface area contributed by atoms with Gasteiger partial charge in [-0.15, -0.1) is 0 Å². The molecule has 2 heteroatoms. The van der Waals surface area contributed by atoms with E-state index in [0.29, 0.717) is 0 Å². The highest BCUT2D eigenvalue weighted by Crippen LogP contribution is 2.61. The van der Waals surface area contributed by atoms with E-state index in [9.17, 15) is 0 Å². The molecule has 1 spiro atoms. The number of rotatable bonds is 3. The molecule has 0 saturated carbocycles. The molecule has 2 aliphatic rings. The van der Waals surface area contributed by atoms with E-state index >= 15 is 0 Å². The van der Waals surface area contributed by atoms with Crippen molar-refractivity contribution in [2.75, 3.05) is 0 Å². The van der Waals surface area contributed by atoms with Crippen molar-refractivity contribution < 1.29 is 0 Å². The Morgan fingerprint density at radius 2 is 0.780 bits per heavy atom. The average molecular weight is 637 g/mol. The van der Waals surface area contributed by atoms with Gasteiger partial charge in [0.1, 0.15) is 0 Å². The van der Waals surface area contributed by atoms with Gasteiger partial charge < -0.3 is 0 Å². The van der Waals surface area contributed by atoms with E-state index in [-0.39, 0.29) is 0 Å².